The predicted molar refractivity (Wildman–Crippen MR) is 69.1 cm³/mol. The second-order valence-corrected chi connectivity index (χ2v) is 4.39. The lowest BCUT2D eigenvalue weighted by Crippen LogP contribution is -2.27. The van der Waals surface area contributed by atoms with Crippen LogP contribution in [0.1, 0.15) is 34.7 Å². The molecule has 0 aliphatic carbocycles. The average Bonchev–Trinajstić information content (AvgIpc) is 2.98. The molecular weight excluding hydrogens is 264 g/mol. The molecule has 9 heteroatoms. The number of nitrogens with zero attached hydrogens (tertiary/aromatic N) is 4. The number of nitrogens with one attached hydrogen (secondary N) is 2. The Hall–Kier alpha value is -2.71. The molecule has 0 aromatic carbocycles. The summed E-state index contributed by atoms with van der Waals surface area (Å²) in [6.45, 7) is 3.66. The SMILES string of the molecule is Cc1c(C(C)NC(=O)c2[nH]ncc2[N+](=O)[O-])cnn1C. The molecule has 2 heterocycles. The van der Waals surface area contributed by atoms with Crippen LogP contribution in [0.2, 0.25) is 0 Å². The van der Waals surface area contributed by atoms with Crippen molar-refractivity contribution in [2.75, 3.05) is 0 Å². The van der Waals surface area contributed by atoms with Gasteiger partial charge in [0, 0.05) is 18.3 Å². The molecule has 2 aromatic rings. The van der Waals surface area contributed by atoms with E-state index in [1.807, 2.05) is 6.92 Å². The Bertz CT molecular complexity index is 659. The average molecular weight is 278 g/mol. The summed E-state index contributed by atoms with van der Waals surface area (Å²) in [5, 5.41) is 23.4. The molecule has 20 heavy (non-hydrogen) atoms. The lowest BCUT2D eigenvalue weighted by Gasteiger charge is -2.12. The minimum absolute atomic E-state index is 0.164. The maximum atomic E-state index is 12.0. The van der Waals surface area contributed by atoms with Gasteiger partial charge in [0.2, 0.25) is 5.69 Å². The van der Waals surface area contributed by atoms with Gasteiger partial charge in [0.05, 0.1) is 17.2 Å². The molecule has 0 fully saturated rings. The third-order valence-electron chi connectivity index (χ3n) is 3.13. The molecule has 0 aliphatic rings. The van der Waals surface area contributed by atoms with Gasteiger partial charge < -0.3 is 5.32 Å². The minimum Gasteiger partial charge on any atom is -0.344 e. The van der Waals surface area contributed by atoms with Crippen LogP contribution < -0.4 is 5.32 Å². The quantitative estimate of drug-likeness (QED) is 0.634. The number of aryl methyl sites for hydroxylation is 1. The van der Waals surface area contributed by atoms with Gasteiger partial charge in [-0.05, 0) is 13.8 Å². The maximum absolute atomic E-state index is 12.0. The first kappa shape index (κ1) is 13.7. The number of carbonyl (C=O) groups excluding carboxylic acids is 1. The van der Waals surface area contributed by atoms with Crippen LogP contribution in [0, 0.1) is 17.0 Å². The summed E-state index contributed by atoms with van der Waals surface area (Å²) in [4.78, 5) is 22.1. The number of aromatic amines is 1. The smallest absolute Gasteiger partial charge is 0.319 e. The Labute approximate surface area is 114 Å². The number of nitro groups is 1. The standard InChI is InChI=1S/C11H14N6O3/c1-6(8-4-13-16(3)7(8)2)14-11(18)10-9(17(19)20)5-12-15-10/h4-6H,1-3H3,(H,12,15)(H,14,18). The number of rotatable bonds is 4. The van der Waals surface area contributed by atoms with Crippen LogP contribution in [0.15, 0.2) is 12.4 Å². The van der Waals surface area contributed by atoms with Crippen LogP contribution in [0.5, 0.6) is 0 Å². The van der Waals surface area contributed by atoms with Gasteiger partial charge >= 0.3 is 5.69 Å². The molecule has 1 amide bonds. The van der Waals surface area contributed by atoms with Crippen molar-refractivity contribution in [1.29, 1.82) is 0 Å². The van der Waals surface area contributed by atoms with Gasteiger partial charge in [-0.15, -0.1) is 0 Å². The normalized spacial score (nSPS) is 12.2. The summed E-state index contributed by atoms with van der Waals surface area (Å²) in [5.74, 6) is -0.579. The number of carbonyl (C=O) groups is 1. The van der Waals surface area contributed by atoms with Crippen LogP contribution >= 0.6 is 0 Å². The molecule has 0 saturated carbocycles. The molecule has 2 aromatic heterocycles. The van der Waals surface area contributed by atoms with E-state index in [0.29, 0.717) is 0 Å². The molecule has 0 aliphatic heterocycles. The van der Waals surface area contributed by atoms with Crippen molar-refractivity contribution in [3.8, 4) is 0 Å². The predicted octanol–water partition coefficient (Wildman–Crippen LogP) is 0.851. The third kappa shape index (κ3) is 2.37. The monoisotopic (exact) mass is 278 g/mol. The molecule has 1 atom stereocenters. The van der Waals surface area contributed by atoms with Crippen molar-refractivity contribution in [3.63, 3.8) is 0 Å². The zero-order valence-electron chi connectivity index (χ0n) is 11.2. The molecule has 106 valence electrons. The van der Waals surface area contributed by atoms with Gasteiger partial charge in [0.15, 0.2) is 0 Å². The topological polar surface area (TPSA) is 119 Å². The fraction of sp³-hybridized carbons (Fsp3) is 0.364. The van der Waals surface area contributed by atoms with Crippen molar-refractivity contribution in [1.82, 2.24) is 25.3 Å². The molecule has 0 saturated heterocycles. The van der Waals surface area contributed by atoms with Crippen molar-refractivity contribution < 1.29 is 9.72 Å². The van der Waals surface area contributed by atoms with E-state index >= 15 is 0 Å². The first-order valence-corrected chi connectivity index (χ1v) is 5.89. The fourth-order valence-corrected chi connectivity index (χ4v) is 1.87. The Morgan fingerprint density at radius 1 is 1.55 bits per heavy atom. The molecular formula is C11H14N6O3. The van der Waals surface area contributed by atoms with E-state index in [0.717, 1.165) is 17.5 Å². The first-order chi connectivity index (χ1) is 9.41. The zero-order chi connectivity index (χ0) is 14.9. The molecule has 1 unspecified atom stereocenters. The van der Waals surface area contributed by atoms with Crippen molar-refractivity contribution >= 4 is 11.6 Å². The lowest BCUT2D eigenvalue weighted by atomic mass is 10.1. The highest BCUT2D eigenvalue weighted by Crippen LogP contribution is 2.19. The second kappa shape index (κ2) is 5.11. The Morgan fingerprint density at radius 3 is 2.80 bits per heavy atom. The van der Waals surface area contributed by atoms with Gasteiger partial charge in [0.1, 0.15) is 6.20 Å². The van der Waals surface area contributed by atoms with E-state index in [9.17, 15) is 14.9 Å². The van der Waals surface area contributed by atoms with Crippen LogP contribution in [-0.2, 0) is 7.05 Å². The molecule has 9 nitrogen and oxygen atoms in total. The largest absolute Gasteiger partial charge is 0.344 e. The number of hydrogen-bond acceptors (Lipinski definition) is 5. The van der Waals surface area contributed by atoms with E-state index in [2.05, 4.69) is 20.6 Å². The first-order valence-electron chi connectivity index (χ1n) is 5.89. The summed E-state index contributed by atoms with van der Waals surface area (Å²) >= 11 is 0. The summed E-state index contributed by atoms with van der Waals surface area (Å²) in [5.41, 5.74) is 1.25. The molecule has 0 bridgehead atoms. The Kier molecular flexibility index (Phi) is 3.51. The van der Waals surface area contributed by atoms with Crippen molar-refractivity contribution in [3.05, 3.63) is 39.5 Å². The lowest BCUT2D eigenvalue weighted by molar-refractivity contribution is -0.385. The fourth-order valence-electron chi connectivity index (χ4n) is 1.87. The van der Waals surface area contributed by atoms with Crippen molar-refractivity contribution in [2.45, 2.75) is 19.9 Å². The Morgan fingerprint density at radius 2 is 2.25 bits per heavy atom. The van der Waals surface area contributed by atoms with Gasteiger partial charge in [-0.2, -0.15) is 10.2 Å². The van der Waals surface area contributed by atoms with Crippen LogP contribution in [-0.4, -0.2) is 30.8 Å². The highest BCUT2D eigenvalue weighted by molar-refractivity contribution is 5.96. The van der Waals surface area contributed by atoms with E-state index in [4.69, 9.17) is 0 Å². The number of aromatic nitrogens is 4. The molecule has 2 rings (SSSR count). The second-order valence-electron chi connectivity index (χ2n) is 4.39. The molecule has 0 radical (unpaired) electrons. The maximum Gasteiger partial charge on any atom is 0.319 e. The van der Waals surface area contributed by atoms with Gasteiger partial charge in [-0.1, -0.05) is 0 Å². The zero-order valence-corrected chi connectivity index (χ0v) is 11.2. The third-order valence-corrected chi connectivity index (χ3v) is 3.13. The van der Waals surface area contributed by atoms with E-state index < -0.39 is 10.8 Å². The minimum atomic E-state index is -0.654. The van der Waals surface area contributed by atoms with E-state index in [1.165, 1.54) is 0 Å². The number of H-pyrrole nitrogens is 1. The summed E-state index contributed by atoms with van der Waals surface area (Å²) in [7, 11) is 1.80. The summed E-state index contributed by atoms with van der Waals surface area (Å²) in [6.07, 6.45) is 2.66. The highest BCUT2D eigenvalue weighted by atomic mass is 16.6. The summed E-state index contributed by atoms with van der Waals surface area (Å²) in [6, 6.07) is -0.320. The molecule has 2 N–H and O–H groups in total. The van der Waals surface area contributed by atoms with Crippen LogP contribution in [0.4, 0.5) is 5.69 Å². The highest BCUT2D eigenvalue weighted by Gasteiger charge is 2.24. The van der Waals surface area contributed by atoms with Crippen LogP contribution in [0.25, 0.3) is 0 Å². The number of hydrogen-bond donors (Lipinski definition) is 2. The van der Waals surface area contributed by atoms with Crippen LogP contribution in [0.3, 0.4) is 0 Å². The van der Waals surface area contributed by atoms with E-state index in [-0.39, 0.29) is 17.4 Å². The van der Waals surface area contributed by atoms with Gasteiger partial charge in [-0.25, -0.2) is 0 Å². The van der Waals surface area contributed by atoms with Crippen molar-refractivity contribution in [2.24, 2.45) is 7.05 Å². The number of amides is 1. The molecule has 0 spiro atoms. The van der Waals surface area contributed by atoms with E-state index in [1.54, 1.807) is 24.9 Å². The summed E-state index contributed by atoms with van der Waals surface area (Å²) < 4.78 is 1.69. The van der Waals surface area contributed by atoms with Gasteiger partial charge in [-0.3, -0.25) is 24.7 Å². The van der Waals surface area contributed by atoms with Gasteiger partial charge in [0.25, 0.3) is 5.91 Å². The Balaban J connectivity index is 2.17.